The molecule has 1 N–H and O–H groups in total. The molecule has 4 rings (SSSR count). The van der Waals surface area contributed by atoms with Crippen molar-refractivity contribution in [1.29, 1.82) is 0 Å². The van der Waals surface area contributed by atoms with Gasteiger partial charge in [0.2, 0.25) is 17.7 Å². The van der Waals surface area contributed by atoms with Crippen LogP contribution in [0.25, 0.3) is 10.2 Å². The van der Waals surface area contributed by atoms with Gasteiger partial charge in [-0.15, -0.1) is 11.3 Å². The fraction of sp³-hybridized carbons (Fsp3) is 0.385. The highest BCUT2D eigenvalue weighted by molar-refractivity contribution is 7.18. The van der Waals surface area contributed by atoms with Gasteiger partial charge in [0, 0.05) is 45.9 Å². The number of benzene rings is 2. The maximum absolute atomic E-state index is 13.0. The lowest BCUT2D eigenvalue weighted by Gasteiger charge is -2.31. The van der Waals surface area contributed by atoms with Crippen LogP contribution in [0.3, 0.4) is 0 Å². The van der Waals surface area contributed by atoms with E-state index in [2.05, 4.69) is 10.3 Å². The minimum absolute atomic E-state index is 0.0433. The van der Waals surface area contributed by atoms with E-state index in [0.717, 1.165) is 20.8 Å². The van der Waals surface area contributed by atoms with E-state index < -0.39 is 0 Å². The largest absolute Gasteiger partial charge is 0.354 e. The molecule has 178 valence electrons. The molecule has 0 radical (unpaired) electrons. The van der Waals surface area contributed by atoms with Gasteiger partial charge in [0.05, 0.1) is 27.7 Å². The monoisotopic (exact) mass is 478 g/mol. The predicted octanol–water partition coefficient (Wildman–Crippen LogP) is 3.56. The Hall–Kier alpha value is -3.26. The van der Waals surface area contributed by atoms with Gasteiger partial charge in [0.15, 0.2) is 0 Å². The Bertz CT molecular complexity index is 1110. The highest BCUT2D eigenvalue weighted by Gasteiger charge is 2.26. The molecule has 0 bridgehead atoms. The molecule has 2 aromatic carbocycles. The normalized spacial score (nSPS) is 17.8. The van der Waals surface area contributed by atoms with Crippen molar-refractivity contribution in [2.24, 2.45) is 0 Å². The van der Waals surface area contributed by atoms with Crippen LogP contribution in [-0.4, -0.2) is 58.7 Å². The van der Waals surface area contributed by atoms with Gasteiger partial charge >= 0.3 is 0 Å². The number of amides is 3. The Balaban J connectivity index is 1.42. The fourth-order valence-corrected chi connectivity index (χ4v) is 5.35. The molecule has 1 atom stereocenters. The van der Waals surface area contributed by atoms with E-state index in [1.165, 1.54) is 6.92 Å². The Morgan fingerprint density at radius 2 is 1.82 bits per heavy atom. The first-order valence-corrected chi connectivity index (χ1v) is 12.5. The molecule has 1 saturated heterocycles. The number of rotatable bonds is 4. The molecule has 0 spiro atoms. The van der Waals surface area contributed by atoms with Crippen LogP contribution in [0.1, 0.15) is 42.8 Å². The number of nitrogens with one attached hydrogen (secondary N) is 1. The molecule has 1 fully saturated rings. The van der Waals surface area contributed by atoms with Crippen LogP contribution in [0, 0.1) is 0 Å². The summed E-state index contributed by atoms with van der Waals surface area (Å²) >= 11 is 1.62. The van der Waals surface area contributed by atoms with Crippen molar-refractivity contribution in [1.82, 2.24) is 20.1 Å². The quantitative estimate of drug-likeness (QED) is 0.622. The molecule has 34 heavy (non-hydrogen) atoms. The first-order valence-electron chi connectivity index (χ1n) is 11.7. The van der Waals surface area contributed by atoms with Gasteiger partial charge in [-0.2, -0.15) is 0 Å². The molecule has 7 nitrogen and oxygen atoms in total. The van der Waals surface area contributed by atoms with E-state index in [0.29, 0.717) is 45.4 Å². The number of para-hydroxylation sites is 1. The third-order valence-electron chi connectivity index (χ3n) is 6.12. The molecule has 0 saturated carbocycles. The Morgan fingerprint density at radius 3 is 2.59 bits per heavy atom. The van der Waals surface area contributed by atoms with E-state index in [4.69, 9.17) is 0 Å². The van der Waals surface area contributed by atoms with Gasteiger partial charge in [-0.1, -0.05) is 42.5 Å². The summed E-state index contributed by atoms with van der Waals surface area (Å²) in [6, 6.07) is 17.3. The predicted molar refractivity (Wildman–Crippen MR) is 133 cm³/mol. The first-order chi connectivity index (χ1) is 16.5. The molecular formula is C26H30N4O3S. The summed E-state index contributed by atoms with van der Waals surface area (Å²) in [5.74, 6) is -0.153. The van der Waals surface area contributed by atoms with Crippen molar-refractivity contribution in [2.75, 3.05) is 26.2 Å². The van der Waals surface area contributed by atoms with E-state index in [1.807, 2.05) is 54.6 Å². The van der Waals surface area contributed by atoms with Crippen LogP contribution in [0.5, 0.6) is 0 Å². The highest BCUT2D eigenvalue weighted by Crippen LogP contribution is 2.26. The number of fused-ring (bicyclic) bond motifs is 1. The molecule has 8 heteroatoms. The lowest BCUT2D eigenvalue weighted by Crippen LogP contribution is -2.39. The molecule has 3 aromatic rings. The molecule has 1 aromatic heterocycles. The summed E-state index contributed by atoms with van der Waals surface area (Å²) in [5, 5.41) is 3.89. The molecule has 2 heterocycles. The maximum atomic E-state index is 13.0. The van der Waals surface area contributed by atoms with Crippen LogP contribution < -0.4 is 5.32 Å². The molecule has 1 unspecified atom stereocenters. The number of aryl methyl sites for hydroxylation is 1. The number of nitrogens with zero attached hydrogens (tertiary/aromatic N) is 3. The average Bonchev–Trinajstić information content (AvgIpc) is 3.24. The van der Waals surface area contributed by atoms with Crippen molar-refractivity contribution < 1.29 is 14.4 Å². The second kappa shape index (κ2) is 11.2. The number of hydrogen-bond donors (Lipinski definition) is 1. The van der Waals surface area contributed by atoms with Gasteiger partial charge in [-0.3, -0.25) is 14.4 Å². The van der Waals surface area contributed by atoms with Crippen molar-refractivity contribution in [3.05, 3.63) is 65.2 Å². The maximum Gasteiger partial charge on any atom is 0.223 e. The van der Waals surface area contributed by atoms with Gasteiger partial charge in [-0.05, 0) is 24.1 Å². The van der Waals surface area contributed by atoms with Gasteiger partial charge in [-0.25, -0.2) is 4.98 Å². The molecular weight excluding hydrogens is 448 g/mol. The summed E-state index contributed by atoms with van der Waals surface area (Å²) in [5.41, 5.74) is 1.90. The lowest BCUT2D eigenvalue weighted by molar-refractivity contribution is -0.132. The highest BCUT2D eigenvalue weighted by atomic mass is 32.1. The zero-order valence-electron chi connectivity index (χ0n) is 19.4. The van der Waals surface area contributed by atoms with Crippen LogP contribution in [0.2, 0.25) is 0 Å². The Kier molecular flexibility index (Phi) is 7.90. The number of carbonyl (C=O) groups excluding carboxylic acids is 3. The third-order valence-corrected chi connectivity index (χ3v) is 7.21. The minimum atomic E-state index is -0.319. The van der Waals surface area contributed by atoms with Crippen LogP contribution >= 0.6 is 11.3 Å². The zero-order chi connectivity index (χ0) is 23.9. The standard InChI is InChI=1S/C26H30N4O3S/c1-19(31)30-16-7-15-29(17-14-27-24(32)18-22(30)20-8-3-2-4-9-20)26(33)13-12-25-28-21-10-5-6-11-23(21)34-25/h2-6,8-11,22H,7,12-18H2,1H3,(H,27,32). The summed E-state index contributed by atoms with van der Waals surface area (Å²) < 4.78 is 1.13. The van der Waals surface area contributed by atoms with Crippen LogP contribution in [-0.2, 0) is 20.8 Å². The second-order valence-corrected chi connectivity index (χ2v) is 9.62. The zero-order valence-corrected chi connectivity index (χ0v) is 20.2. The van der Waals surface area contributed by atoms with Crippen molar-refractivity contribution in [3.8, 4) is 0 Å². The number of carbonyl (C=O) groups is 3. The van der Waals surface area contributed by atoms with Crippen molar-refractivity contribution in [3.63, 3.8) is 0 Å². The van der Waals surface area contributed by atoms with E-state index in [9.17, 15) is 14.4 Å². The number of hydrogen-bond acceptors (Lipinski definition) is 5. The number of aromatic nitrogens is 1. The summed E-state index contributed by atoms with van der Waals surface area (Å²) in [7, 11) is 0. The van der Waals surface area contributed by atoms with E-state index in [1.54, 1.807) is 21.1 Å². The Morgan fingerprint density at radius 1 is 1.06 bits per heavy atom. The smallest absolute Gasteiger partial charge is 0.223 e. The van der Waals surface area contributed by atoms with Crippen LogP contribution in [0.4, 0.5) is 0 Å². The topological polar surface area (TPSA) is 82.6 Å². The number of thiazole rings is 1. The lowest BCUT2D eigenvalue weighted by atomic mass is 10.0. The van der Waals surface area contributed by atoms with E-state index in [-0.39, 0.29) is 30.2 Å². The third kappa shape index (κ3) is 5.99. The molecule has 0 aliphatic carbocycles. The fourth-order valence-electron chi connectivity index (χ4n) is 4.39. The van der Waals surface area contributed by atoms with Gasteiger partial charge in [0.1, 0.15) is 0 Å². The van der Waals surface area contributed by atoms with Crippen molar-refractivity contribution in [2.45, 2.75) is 38.6 Å². The molecule has 1 aliphatic heterocycles. The van der Waals surface area contributed by atoms with Crippen molar-refractivity contribution >= 4 is 39.3 Å². The minimum Gasteiger partial charge on any atom is -0.354 e. The van der Waals surface area contributed by atoms with Crippen LogP contribution in [0.15, 0.2) is 54.6 Å². The molecule has 3 amide bonds. The Labute approximate surface area is 203 Å². The van der Waals surface area contributed by atoms with Gasteiger partial charge in [0.25, 0.3) is 0 Å². The second-order valence-electron chi connectivity index (χ2n) is 8.50. The van der Waals surface area contributed by atoms with E-state index >= 15 is 0 Å². The summed E-state index contributed by atoms with van der Waals surface area (Å²) in [4.78, 5) is 46.4. The summed E-state index contributed by atoms with van der Waals surface area (Å²) in [6.45, 7) is 3.42. The summed E-state index contributed by atoms with van der Waals surface area (Å²) in [6.07, 6.45) is 1.83. The average molecular weight is 479 g/mol. The SMILES string of the molecule is CC(=O)N1CCCN(C(=O)CCc2nc3ccccc3s2)CCNC(=O)CC1c1ccccc1. The molecule has 1 aliphatic rings. The first kappa shape index (κ1) is 23.9. The van der Waals surface area contributed by atoms with Gasteiger partial charge < -0.3 is 15.1 Å².